The third kappa shape index (κ3) is 5.73. The summed E-state index contributed by atoms with van der Waals surface area (Å²) in [6.45, 7) is 9.01. The molecular weight excluding hydrogens is 208 g/mol. The van der Waals surface area contributed by atoms with E-state index < -0.39 is 0 Å². The molecule has 0 aliphatic carbocycles. The fourth-order valence-electron chi connectivity index (χ4n) is 1.66. The minimum Gasteiger partial charge on any atom is -0.383 e. The summed E-state index contributed by atoms with van der Waals surface area (Å²) in [6, 6.07) is 11.0. The molecule has 1 atom stereocenters. The van der Waals surface area contributed by atoms with E-state index in [1.807, 2.05) is 6.07 Å². The van der Waals surface area contributed by atoms with Crippen molar-refractivity contribution in [3.63, 3.8) is 0 Å². The van der Waals surface area contributed by atoms with Gasteiger partial charge < -0.3 is 10.2 Å². The molecule has 0 aromatic heterocycles. The van der Waals surface area contributed by atoms with Crippen molar-refractivity contribution in [2.45, 2.75) is 33.2 Å². The maximum absolute atomic E-state index is 3.47. The molecule has 17 heavy (non-hydrogen) atoms. The lowest BCUT2D eigenvalue weighted by Gasteiger charge is -2.26. The number of hydrogen-bond donors (Lipinski definition) is 1. The Morgan fingerprint density at radius 3 is 2.35 bits per heavy atom. The van der Waals surface area contributed by atoms with Gasteiger partial charge in [-0.2, -0.15) is 0 Å². The quantitative estimate of drug-likeness (QED) is 0.777. The molecule has 2 heteroatoms. The van der Waals surface area contributed by atoms with E-state index in [9.17, 15) is 0 Å². The lowest BCUT2D eigenvalue weighted by Crippen LogP contribution is -2.35. The van der Waals surface area contributed by atoms with Crippen molar-refractivity contribution in [3.8, 4) is 0 Å². The highest BCUT2D eigenvalue weighted by Crippen LogP contribution is 2.07. The Hall–Kier alpha value is -1.02. The Morgan fingerprint density at radius 2 is 1.76 bits per heavy atom. The highest BCUT2D eigenvalue weighted by Gasteiger charge is 2.08. The standard InChI is InChI=1S/C15H26N2/c1-13(2)10-11-17(4)14(3)12-16-15-8-6-5-7-9-15/h5-9,13-14,16H,10-12H2,1-4H3. The minimum atomic E-state index is 0.564. The van der Waals surface area contributed by atoms with Gasteiger partial charge in [0, 0.05) is 18.3 Å². The number of para-hydroxylation sites is 1. The van der Waals surface area contributed by atoms with E-state index >= 15 is 0 Å². The second kappa shape index (κ2) is 7.33. The molecule has 0 fully saturated rings. The van der Waals surface area contributed by atoms with E-state index in [-0.39, 0.29) is 0 Å². The van der Waals surface area contributed by atoms with Crippen molar-refractivity contribution in [2.24, 2.45) is 5.92 Å². The van der Waals surface area contributed by atoms with Gasteiger partial charge in [0.15, 0.2) is 0 Å². The Bertz CT molecular complexity index is 295. The third-order valence-electron chi connectivity index (χ3n) is 3.19. The maximum Gasteiger partial charge on any atom is 0.0340 e. The van der Waals surface area contributed by atoms with E-state index in [1.54, 1.807) is 0 Å². The van der Waals surface area contributed by atoms with Gasteiger partial charge >= 0.3 is 0 Å². The normalized spacial score (nSPS) is 13.1. The molecule has 1 N–H and O–H groups in total. The van der Waals surface area contributed by atoms with Gasteiger partial charge in [-0.25, -0.2) is 0 Å². The van der Waals surface area contributed by atoms with Crippen LogP contribution in [0, 0.1) is 5.92 Å². The second-order valence-electron chi connectivity index (χ2n) is 5.26. The van der Waals surface area contributed by atoms with E-state index in [4.69, 9.17) is 0 Å². The summed E-state index contributed by atoms with van der Waals surface area (Å²) in [5.74, 6) is 0.784. The number of anilines is 1. The number of rotatable bonds is 7. The second-order valence-corrected chi connectivity index (χ2v) is 5.26. The third-order valence-corrected chi connectivity index (χ3v) is 3.19. The zero-order valence-electron chi connectivity index (χ0n) is 11.6. The predicted octanol–water partition coefficient (Wildman–Crippen LogP) is 3.46. The average Bonchev–Trinajstić information content (AvgIpc) is 2.34. The zero-order valence-corrected chi connectivity index (χ0v) is 11.6. The topological polar surface area (TPSA) is 15.3 Å². The molecule has 0 radical (unpaired) electrons. The van der Waals surface area contributed by atoms with Gasteiger partial charge in [0.05, 0.1) is 0 Å². The molecule has 1 rings (SSSR count). The maximum atomic E-state index is 3.47. The fraction of sp³-hybridized carbons (Fsp3) is 0.600. The Labute approximate surface area is 106 Å². The molecule has 0 aliphatic heterocycles. The molecular formula is C15H26N2. The van der Waals surface area contributed by atoms with Crippen molar-refractivity contribution in [1.29, 1.82) is 0 Å². The van der Waals surface area contributed by atoms with Gasteiger partial charge in [-0.15, -0.1) is 0 Å². The average molecular weight is 234 g/mol. The summed E-state index contributed by atoms with van der Waals surface area (Å²) in [6.07, 6.45) is 1.27. The predicted molar refractivity (Wildman–Crippen MR) is 76.5 cm³/mol. The molecule has 96 valence electrons. The Morgan fingerprint density at radius 1 is 1.12 bits per heavy atom. The molecule has 2 nitrogen and oxygen atoms in total. The van der Waals surface area contributed by atoms with Crippen LogP contribution in [0.5, 0.6) is 0 Å². The molecule has 1 unspecified atom stereocenters. The lowest BCUT2D eigenvalue weighted by molar-refractivity contribution is 0.252. The highest BCUT2D eigenvalue weighted by atomic mass is 15.1. The molecule has 0 heterocycles. The van der Waals surface area contributed by atoms with Crippen LogP contribution < -0.4 is 5.32 Å². The summed E-state index contributed by atoms with van der Waals surface area (Å²) in [5, 5.41) is 3.47. The van der Waals surface area contributed by atoms with Crippen molar-refractivity contribution in [3.05, 3.63) is 30.3 Å². The number of nitrogens with zero attached hydrogens (tertiary/aromatic N) is 1. The zero-order chi connectivity index (χ0) is 12.7. The summed E-state index contributed by atoms with van der Waals surface area (Å²) in [5.41, 5.74) is 1.21. The van der Waals surface area contributed by atoms with Crippen LogP contribution in [0.2, 0.25) is 0 Å². The number of hydrogen-bond acceptors (Lipinski definition) is 2. The smallest absolute Gasteiger partial charge is 0.0340 e. The molecule has 0 spiro atoms. The first-order valence-corrected chi connectivity index (χ1v) is 6.58. The van der Waals surface area contributed by atoms with E-state index in [2.05, 4.69) is 62.3 Å². The van der Waals surface area contributed by atoms with Crippen molar-refractivity contribution in [1.82, 2.24) is 4.90 Å². The Balaban J connectivity index is 2.26. The lowest BCUT2D eigenvalue weighted by atomic mass is 10.1. The first-order chi connectivity index (χ1) is 8.09. The van der Waals surface area contributed by atoms with Crippen LogP contribution in [0.4, 0.5) is 5.69 Å². The van der Waals surface area contributed by atoms with Gasteiger partial charge in [-0.3, -0.25) is 0 Å². The van der Waals surface area contributed by atoms with Gasteiger partial charge in [-0.05, 0) is 45.0 Å². The highest BCUT2D eigenvalue weighted by molar-refractivity contribution is 5.42. The molecule has 0 amide bonds. The van der Waals surface area contributed by atoms with Crippen LogP contribution in [0.15, 0.2) is 30.3 Å². The van der Waals surface area contributed by atoms with Gasteiger partial charge in [0.1, 0.15) is 0 Å². The van der Waals surface area contributed by atoms with Gasteiger partial charge in [0.25, 0.3) is 0 Å². The summed E-state index contributed by atoms with van der Waals surface area (Å²) in [4.78, 5) is 2.43. The molecule has 0 bridgehead atoms. The van der Waals surface area contributed by atoms with Crippen molar-refractivity contribution < 1.29 is 0 Å². The van der Waals surface area contributed by atoms with E-state index in [0.717, 1.165) is 12.5 Å². The van der Waals surface area contributed by atoms with Crippen LogP contribution in [-0.4, -0.2) is 31.1 Å². The number of nitrogens with one attached hydrogen (secondary N) is 1. The molecule has 0 saturated heterocycles. The molecule has 1 aromatic rings. The minimum absolute atomic E-state index is 0.564. The largest absolute Gasteiger partial charge is 0.383 e. The SMILES string of the molecule is CC(C)CCN(C)C(C)CNc1ccccc1. The van der Waals surface area contributed by atoms with Crippen molar-refractivity contribution >= 4 is 5.69 Å². The van der Waals surface area contributed by atoms with E-state index in [1.165, 1.54) is 18.7 Å². The van der Waals surface area contributed by atoms with E-state index in [0.29, 0.717) is 6.04 Å². The molecule has 0 aliphatic rings. The molecule has 0 saturated carbocycles. The number of benzene rings is 1. The first kappa shape index (κ1) is 14.0. The summed E-state index contributed by atoms with van der Waals surface area (Å²) in [7, 11) is 2.21. The Kier molecular flexibility index (Phi) is 6.06. The summed E-state index contributed by atoms with van der Waals surface area (Å²) < 4.78 is 0. The monoisotopic (exact) mass is 234 g/mol. The van der Waals surface area contributed by atoms with Crippen LogP contribution >= 0.6 is 0 Å². The summed E-state index contributed by atoms with van der Waals surface area (Å²) >= 11 is 0. The van der Waals surface area contributed by atoms with Crippen LogP contribution in [0.25, 0.3) is 0 Å². The number of likely N-dealkylation sites (N-methyl/N-ethyl adjacent to an activating group) is 1. The molecule has 1 aromatic carbocycles. The van der Waals surface area contributed by atoms with Crippen LogP contribution in [0.1, 0.15) is 27.2 Å². The van der Waals surface area contributed by atoms with Gasteiger partial charge in [0.2, 0.25) is 0 Å². The van der Waals surface area contributed by atoms with Crippen molar-refractivity contribution in [2.75, 3.05) is 25.5 Å². The fourth-order valence-corrected chi connectivity index (χ4v) is 1.66. The van der Waals surface area contributed by atoms with Crippen LogP contribution in [0.3, 0.4) is 0 Å². The first-order valence-electron chi connectivity index (χ1n) is 6.58. The van der Waals surface area contributed by atoms with Crippen LogP contribution in [-0.2, 0) is 0 Å². The van der Waals surface area contributed by atoms with Gasteiger partial charge in [-0.1, -0.05) is 32.0 Å².